The van der Waals surface area contributed by atoms with Crippen LogP contribution in [-0.4, -0.2) is 17.3 Å². The van der Waals surface area contributed by atoms with Gasteiger partial charge in [-0.25, -0.2) is 0 Å². The average molecular weight is 269 g/mol. The van der Waals surface area contributed by atoms with E-state index >= 15 is 0 Å². The number of halogens is 1. The van der Waals surface area contributed by atoms with Crippen LogP contribution in [0.5, 0.6) is 5.75 Å². The lowest BCUT2D eigenvalue weighted by Gasteiger charge is -2.52. The number of aliphatic hydroxyl groups is 1. The van der Waals surface area contributed by atoms with Gasteiger partial charge in [0.2, 0.25) is 0 Å². The fourth-order valence-corrected chi connectivity index (χ4v) is 3.04. The molecule has 3 heteroatoms. The van der Waals surface area contributed by atoms with Crippen molar-refractivity contribution in [3.05, 3.63) is 28.8 Å². The van der Waals surface area contributed by atoms with Crippen LogP contribution in [0, 0.1) is 12.3 Å². The highest BCUT2D eigenvalue weighted by molar-refractivity contribution is 6.31. The Balaban J connectivity index is 2.12. The van der Waals surface area contributed by atoms with Crippen molar-refractivity contribution in [1.29, 1.82) is 0 Å². The second kappa shape index (κ2) is 5.10. The third-order valence-electron chi connectivity index (χ3n) is 4.47. The van der Waals surface area contributed by atoms with Gasteiger partial charge in [-0.3, -0.25) is 0 Å². The van der Waals surface area contributed by atoms with Crippen molar-refractivity contribution < 1.29 is 9.84 Å². The van der Waals surface area contributed by atoms with Crippen molar-refractivity contribution in [1.82, 2.24) is 0 Å². The first-order valence-corrected chi connectivity index (χ1v) is 7.02. The van der Waals surface area contributed by atoms with Gasteiger partial charge in [-0.15, -0.1) is 0 Å². The first-order chi connectivity index (χ1) is 8.53. The molecule has 2 unspecified atom stereocenters. The van der Waals surface area contributed by atoms with Crippen LogP contribution in [0.2, 0.25) is 5.02 Å². The highest BCUT2D eigenvalue weighted by Gasteiger charge is 2.53. The van der Waals surface area contributed by atoms with Gasteiger partial charge in [-0.1, -0.05) is 25.4 Å². The Hall–Kier alpha value is -0.730. The third kappa shape index (κ3) is 2.12. The van der Waals surface area contributed by atoms with Gasteiger partial charge in [0.1, 0.15) is 11.9 Å². The van der Waals surface area contributed by atoms with Crippen LogP contribution in [0.15, 0.2) is 18.2 Å². The summed E-state index contributed by atoms with van der Waals surface area (Å²) in [5, 5.41) is 10.8. The second-order valence-electron chi connectivity index (χ2n) is 5.21. The minimum Gasteiger partial charge on any atom is -0.490 e. The van der Waals surface area contributed by atoms with E-state index in [0.717, 1.165) is 35.6 Å². The maximum absolute atomic E-state index is 10.0. The zero-order valence-corrected chi connectivity index (χ0v) is 12.0. The summed E-state index contributed by atoms with van der Waals surface area (Å²) in [4.78, 5) is 0. The van der Waals surface area contributed by atoms with Crippen molar-refractivity contribution in [2.45, 2.75) is 52.2 Å². The van der Waals surface area contributed by atoms with E-state index in [1.807, 2.05) is 25.1 Å². The number of hydrogen-bond donors (Lipinski definition) is 1. The summed E-state index contributed by atoms with van der Waals surface area (Å²) in [6.45, 7) is 6.21. The van der Waals surface area contributed by atoms with E-state index in [4.69, 9.17) is 16.3 Å². The molecule has 100 valence electrons. The Morgan fingerprint density at radius 2 is 2.06 bits per heavy atom. The summed E-state index contributed by atoms with van der Waals surface area (Å²) in [7, 11) is 0. The van der Waals surface area contributed by atoms with Gasteiger partial charge < -0.3 is 9.84 Å². The fraction of sp³-hybridized carbons (Fsp3) is 0.600. The van der Waals surface area contributed by atoms with Gasteiger partial charge in [-0.2, -0.15) is 0 Å². The van der Waals surface area contributed by atoms with Crippen LogP contribution >= 0.6 is 11.6 Å². The van der Waals surface area contributed by atoms with E-state index in [-0.39, 0.29) is 17.6 Å². The van der Waals surface area contributed by atoms with Crippen molar-refractivity contribution in [2.24, 2.45) is 5.41 Å². The molecule has 2 atom stereocenters. The largest absolute Gasteiger partial charge is 0.490 e. The summed E-state index contributed by atoms with van der Waals surface area (Å²) in [5.41, 5.74) is 0.945. The molecule has 2 rings (SSSR count). The van der Waals surface area contributed by atoms with Gasteiger partial charge in [0.05, 0.1) is 6.10 Å². The molecule has 1 aliphatic rings. The number of aryl methyl sites for hydroxylation is 1. The molecule has 0 bridgehead atoms. The molecule has 18 heavy (non-hydrogen) atoms. The lowest BCUT2D eigenvalue weighted by molar-refractivity contribution is -0.159. The minimum atomic E-state index is -0.231. The molecule has 0 saturated heterocycles. The second-order valence-corrected chi connectivity index (χ2v) is 5.62. The molecule has 0 heterocycles. The van der Waals surface area contributed by atoms with E-state index < -0.39 is 0 Å². The molecule has 0 aliphatic heterocycles. The lowest BCUT2D eigenvalue weighted by Crippen LogP contribution is -2.59. The van der Waals surface area contributed by atoms with Crippen molar-refractivity contribution in [3.63, 3.8) is 0 Å². The summed E-state index contributed by atoms with van der Waals surface area (Å²) in [5.74, 6) is 0.847. The fourth-order valence-electron chi connectivity index (χ4n) is 2.92. The molecular weight excluding hydrogens is 248 g/mol. The van der Waals surface area contributed by atoms with Gasteiger partial charge in [0.25, 0.3) is 0 Å². The highest BCUT2D eigenvalue weighted by atomic mass is 35.5. The average Bonchev–Trinajstić information content (AvgIpc) is 2.35. The SMILES string of the molecule is CCC1(CC)C(O)CC1Oc1ccc(Cl)c(C)c1. The van der Waals surface area contributed by atoms with Crippen LogP contribution in [0.3, 0.4) is 0 Å². The van der Waals surface area contributed by atoms with Crippen LogP contribution in [0.4, 0.5) is 0 Å². The predicted octanol–water partition coefficient (Wildman–Crippen LogP) is 3.97. The Bertz CT molecular complexity index is 427. The predicted molar refractivity (Wildman–Crippen MR) is 74.2 cm³/mol. The Labute approximate surface area is 114 Å². The van der Waals surface area contributed by atoms with E-state index in [0.29, 0.717) is 0 Å². The Morgan fingerprint density at radius 1 is 1.39 bits per heavy atom. The zero-order chi connectivity index (χ0) is 13.3. The summed E-state index contributed by atoms with van der Waals surface area (Å²) < 4.78 is 6.04. The topological polar surface area (TPSA) is 29.5 Å². The van der Waals surface area contributed by atoms with E-state index in [2.05, 4.69) is 13.8 Å². The number of rotatable bonds is 4. The summed E-state index contributed by atoms with van der Waals surface area (Å²) >= 11 is 6.00. The number of benzene rings is 1. The Kier molecular flexibility index (Phi) is 3.88. The van der Waals surface area contributed by atoms with Gasteiger partial charge in [0.15, 0.2) is 0 Å². The molecule has 0 spiro atoms. The molecule has 0 aromatic heterocycles. The standard InChI is InChI=1S/C15H21ClO2/c1-4-15(5-2)13(17)9-14(15)18-11-6-7-12(16)10(3)8-11/h6-8,13-14,17H,4-5,9H2,1-3H3. The first kappa shape index (κ1) is 13.7. The van der Waals surface area contributed by atoms with E-state index in [9.17, 15) is 5.11 Å². The lowest BCUT2D eigenvalue weighted by atomic mass is 9.60. The molecule has 1 fully saturated rings. The number of aliphatic hydroxyl groups excluding tert-OH is 1. The zero-order valence-electron chi connectivity index (χ0n) is 11.2. The molecule has 2 nitrogen and oxygen atoms in total. The monoisotopic (exact) mass is 268 g/mol. The molecular formula is C15H21ClO2. The van der Waals surface area contributed by atoms with Crippen LogP contribution in [0.25, 0.3) is 0 Å². The smallest absolute Gasteiger partial charge is 0.120 e. The maximum Gasteiger partial charge on any atom is 0.120 e. The molecule has 1 aromatic rings. The number of ether oxygens (including phenoxy) is 1. The van der Waals surface area contributed by atoms with Gasteiger partial charge in [0, 0.05) is 16.9 Å². The Morgan fingerprint density at radius 3 is 2.56 bits per heavy atom. The van der Waals surface area contributed by atoms with Crippen molar-refractivity contribution >= 4 is 11.6 Å². The summed E-state index contributed by atoms with van der Waals surface area (Å²) in [6.07, 6.45) is 2.50. The normalized spacial score (nSPS) is 25.6. The summed E-state index contributed by atoms with van der Waals surface area (Å²) in [6, 6.07) is 5.72. The van der Waals surface area contributed by atoms with Crippen LogP contribution in [0.1, 0.15) is 38.7 Å². The van der Waals surface area contributed by atoms with E-state index in [1.54, 1.807) is 0 Å². The van der Waals surface area contributed by atoms with E-state index in [1.165, 1.54) is 0 Å². The minimum absolute atomic E-state index is 0.0759. The van der Waals surface area contributed by atoms with Gasteiger partial charge >= 0.3 is 0 Å². The van der Waals surface area contributed by atoms with Gasteiger partial charge in [-0.05, 0) is 43.5 Å². The highest BCUT2D eigenvalue weighted by Crippen LogP contribution is 2.49. The molecule has 0 radical (unpaired) electrons. The first-order valence-electron chi connectivity index (χ1n) is 6.64. The number of hydrogen-bond acceptors (Lipinski definition) is 2. The molecule has 1 aliphatic carbocycles. The quantitative estimate of drug-likeness (QED) is 0.895. The van der Waals surface area contributed by atoms with Crippen LogP contribution in [-0.2, 0) is 0 Å². The maximum atomic E-state index is 10.0. The molecule has 1 N–H and O–H groups in total. The third-order valence-corrected chi connectivity index (χ3v) is 4.89. The van der Waals surface area contributed by atoms with Crippen LogP contribution < -0.4 is 4.74 Å². The molecule has 0 amide bonds. The molecule has 1 saturated carbocycles. The van der Waals surface area contributed by atoms with Crippen molar-refractivity contribution in [2.75, 3.05) is 0 Å². The molecule has 1 aromatic carbocycles. The van der Waals surface area contributed by atoms with Crippen molar-refractivity contribution in [3.8, 4) is 5.75 Å².